The number of aryl methyl sites for hydroxylation is 2. The molecule has 1 amide bonds. The van der Waals surface area contributed by atoms with E-state index in [2.05, 4.69) is 28.2 Å². The summed E-state index contributed by atoms with van der Waals surface area (Å²) in [5.74, 6) is -0.0463. The molecule has 20 heavy (non-hydrogen) atoms. The molecule has 2 aromatic rings. The van der Waals surface area contributed by atoms with Crippen molar-refractivity contribution in [2.75, 3.05) is 11.1 Å². The number of hydrogen-bond donors (Lipinski definition) is 2. The molecule has 0 heterocycles. The molecule has 0 radical (unpaired) electrons. The Balaban J connectivity index is 2.04. The first-order valence-corrected chi connectivity index (χ1v) is 7.16. The third-order valence-electron chi connectivity index (χ3n) is 3.22. The predicted molar refractivity (Wildman–Crippen MR) is 86.8 cm³/mol. The van der Waals surface area contributed by atoms with Crippen molar-refractivity contribution in [3.8, 4) is 0 Å². The van der Waals surface area contributed by atoms with E-state index >= 15 is 0 Å². The number of halogens is 1. The van der Waals surface area contributed by atoms with Crippen LogP contribution in [0.5, 0.6) is 0 Å². The van der Waals surface area contributed by atoms with Gasteiger partial charge in [0.15, 0.2) is 0 Å². The Labute approximate surface area is 127 Å². The van der Waals surface area contributed by atoms with Crippen LogP contribution in [0, 0.1) is 13.8 Å². The van der Waals surface area contributed by atoms with Crippen LogP contribution in [-0.2, 0) is 11.2 Å². The molecule has 0 saturated heterocycles. The van der Waals surface area contributed by atoms with Gasteiger partial charge in [-0.1, -0.05) is 18.2 Å². The predicted octanol–water partition coefficient (Wildman–Crippen LogP) is 3.83. The molecule has 0 aliphatic carbocycles. The zero-order valence-corrected chi connectivity index (χ0v) is 13.1. The largest absolute Gasteiger partial charge is 0.398 e. The second-order valence-corrected chi connectivity index (χ2v) is 5.73. The van der Waals surface area contributed by atoms with Gasteiger partial charge in [0.05, 0.1) is 6.42 Å². The summed E-state index contributed by atoms with van der Waals surface area (Å²) in [6.45, 7) is 4.11. The van der Waals surface area contributed by atoms with Gasteiger partial charge in [-0.25, -0.2) is 0 Å². The Morgan fingerprint density at radius 3 is 2.55 bits per heavy atom. The molecule has 0 fully saturated rings. The van der Waals surface area contributed by atoms with Crippen LogP contribution in [0.25, 0.3) is 0 Å². The number of benzene rings is 2. The maximum Gasteiger partial charge on any atom is 0.228 e. The molecular weight excluding hydrogens is 316 g/mol. The minimum atomic E-state index is -0.0463. The Bertz CT molecular complexity index is 597. The van der Waals surface area contributed by atoms with Gasteiger partial charge >= 0.3 is 0 Å². The van der Waals surface area contributed by atoms with Gasteiger partial charge in [0.2, 0.25) is 5.91 Å². The van der Waals surface area contributed by atoms with E-state index in [4.69, 9.17) is 5.73 Å². The molecule has 0 unspecified atom stereocenters. The lowest BCUT2D eigenvalue weighted by molar-refractivity contribution is -0.115. The highest BCUT2D eigenvalue weighted by Crippen LogP contribution is 2.23. The molecule has 0 atom stereocenters. The normalized spacial score (nSPS) is 10.3. The van der Waals surface area contributed by atoms with Crippen molar-refractivity contribution in [2.45, 2.75) is 20.3 Å². The van der Waals surface area contributed by atoms with Gasteiger partial charge in [-0.2, -0.15) is 0 Å². The average molecular weight is 333 g/mol. The number of rotatable bonds is 3. The van der Waals surface area contributed by atoms with Crippen LogP contribution in [0.3, 0.4) is 0 Å². The number of nitrogens with one attached hydrogen (secondary N) is 1. The summed E-state index contributed by atoms with van der Waals surface area (Å²) in [5, 5.41) is 2.85. The minimum Gasteiger partial charge on any atom is -0.398 e. The van der Waals surface area contributed by atoms with Gasteiger partial charge in [0, 0.05) is 15.8 Å². The molecule has 2 rings (SSSR count). The number of amides is 1. The number of nitrogen functional groups attached to an aromatic ring is 1. The van der Waals surface area contributed by atoms with Crippen LogP contribution >= 0.6 is 15.9 Å². The molecule has 0 aliphatic rings. The van der Waals surface area contributed by atoms with Gasteiger partial charge in [0.25, 0.3) is 0 Å². The number of carbonyl (C=O) groups is 1. The van der Waals surface area contributed by atoms with E-state index in [0.717, 1.165) is 10.0 Å². The van der Waals surface area contributed by atoms with E-state index in [9.17, 15) is 4.79 Å². The minimum absolute atomic E-state index is 0.0463. The second-order valence-electron chi connectivity index (χ2n) is 4.88. The van der Waals surface area contributed by atoms with Crippen molar-refractivity contribution in [3.63, 3.8) is 0 Å². The Morgan fingerprint density at radius 2 is 1.90 bits per heavy atom. The average Bonchev–Trinajstić information content (AvgIpc) is 2.38. The lowest BCUT2D eigenvalue weighted by atomic mass is 10.0. The highest BCUT2D eigenvalue weighted by Gasteiger charge is 2.06. The third kappa shape index (κ3) is 3.61. The first-order valence-electron chi connectivity index (χ1n) is 6.36. The van der Waals surface area contributed by atoms with E-state index in [0.29, 0.717) is 17.8 Å². The number of carbonyl (C=O) groups excluding carboxylic acids is 1. The summed E-state index contributed by atoms with van der Waals surface area (Å²) in [6.07, 6.45) is 0.358. The maximum absolute atomic E-state index is 12.0. The van der Waals surface area contributed by atoms with Crippen molar-refractivity contribution in [2.24, 2.45) is 0 Å². The zero-order valence-electron chi connectivity index (χ0n) is 11.5. The van der Waals surface area contributed by atoms with E-state index < -0.39 is 0 Å². The van der Waals surface area contributed by atoms with Gasteiger partial charge in [0.1, 0.15) is 0 Å². The number of nitrogens with two attached hydrogens (primary N) is 1. The van der Waals surface area contributed by atoms with E-state index in [1.165, 1.54) is 11.1 Å². The Hall–Kier alpha value is -1.81. The summed E-state index contributed by atoms with van der Waals surface area (Å²) in [4.78, 5) is 12.0. The van der Waals surface area contributed by atoms with Crippen LogP contribution in [-0.4, -0.2) is 5.91 Å². The molecule has 0 saturated carbocycles. The summed E-state index contributed by atoms with van der Waals surface area (Å²) < 4.78 is 0.824. The molecule has 3 nitrogen and oxygen atoms in total. The SMILES string of the molecule is Cc1ccc(CC(=O)Nc2ccc(Br)c(N)c2)cc1C. The highest BCUT2D eigenvalue weighted by atomic mass is 79.9. The van der Waals surface area contributed by atoms with Crippen LogP contribution < -0.4 is 11.1 Å². The van der Waals surface area contributed by atoms with Gasteiger partial charge in [-0.15, -0.1) is 0 Å². The van der Waals surface area contributed by atoms with Crippen LogP contribution in [0.15, 0.2) is 40.9 Å². The number of anilines is 2. The fourth-order valence-corrected chi connectivity index (χ4v) is 2.17. The van der Waals surface area contributed by atoms with Crippen molar-refractivity contribution in [1.29, 1.82) is 0 Å². The lowest BCUT2D eigenvalue weighted by Crippen LogP contribution is -2.14. The van der Waals surface area contributed by atoms with Gasteiger partial charge in [-0.05, 0) is 64.7 Å². The smallest absolute Gasteiger partial charge is 0.228 e. The molecule has 0 aliphatic heterocycles. The summed E-state index contributed by atoms with van der Waals surface area (Å²) >= 11 is 3.33. The standard InChI is InChI=1S/C16H17BrN2O/c1-10-3-4-12(7-11(10)2)8-16(20)19-13-5-6-14(17)15(18)9-13/h3-7,9H,8,18H2,1-2H3,(H,19,20). The molecule has 104 valence electrons. The molecule has 3 N–H and O–H groups in total. The highest BCUT2D eigenvalue weighted by molar-refractivity contribution is 9.10. The first kappa shape index (κ1) is 14.6. The molecule has 0 aromatic heterocycles. The zero-order chi connectivity index (χ0) is 14.7. The van der Waals surface area contributed by atoms with Crippen LogP contribution in [0.1, 0.15) is 16.7 Å². The summed E-state index contributed by atoms with van der Waals surface area (Å²) in [5.41, 5.74) is 10.5. The van der Waals surface area contributed by atoms with Crippen LogP contribution in [0.2, 0.25) is 0 Å². The maximum atomic E-state index is 12.0. The van der Waals surface area contributed by atoms with E-state index in [1.807, 2.05) is 37.3 Å². The van der Waals surface area contributed by atoms with Gasteiger partial charge < -0.3 is 11.1 Å². The fourth-order valence-electron chi connectivity index (χ4n) is 1.93. The third-order valence-corrected chi connectivity index (χ3v) is 3.94. The monoisotopic (exact) mass is 332 g/mol. The van der Waals surface area contributed by atoms with Crippen molar-refractivity contribution < 1.29 is 4.79 Å². The molecular formula is C16H17BrN2O. The fraction of sp³-hybridized carbons (Fsp3) is 0.188. The molecule has 4 heteroatoms. The van der Waals surface area contributed by atoms with Crippen molar-refractivity contribution in [1.82, 2.24) is 0 Å². The van der Waals surface area contributed by atoms with Gasteiger partial charge in [-0.3, -0.25) is 4.79 Å². The second kappa shape index (κ2) is 6.09. The summed E-state index contributed by atoms with van der Waals surface area (Å²) in [7, 11) is 0. The molecule has 0 spiro atoms. The van der Waals surface area contributed by atoms with Crippen molar-refractivity contribution in [3.05, 3.63) is 57.6 Å². The number of hydrogen-bond acceptors (Lipinski definition) is 2. The first-order chi connectivity index (χ1) is 9.45. The summed E-state index contributed by atoms with van der Waals surface area (Å²) in [6, 6.07) is 11.4. The Kier molecular flexibility index (Phi) is 4.45. The Morgan fingerprint density at radius 1 is 1.15 bits per heavy atom. The molecule has 2 aromatic carbocycles. The van der Waals surface area contributed by atoms with E-state index in [1.54, 1.807) is 6.07 Å². The van der Waals surface area contributed by atoms with Crippen LogP contribution in [0.4, 0.5) is 11.4 Å². The lowest BCUT2D eigenvalue weighted by Gasteiger charge is -2.08. The van der Waals surface area contributed by atoms with E-state index in [-0.39, 0.29) is 5.91 Å². The van der Waals surface area contributed by atoms with Crippen molar-refractivity contribution >= 4 is 33.2 Å². The quantitative estimate of drug-likeness (QED) is 0.839. The molecule has 0 bridgehead atoms. The topological polar surface area (TPSA) is 55.1 Å².